The van der Waals surface area contributed by atoms with Crippen LogP contribution in [-0.2, 0) is 12.0 Å². The molecule has 0 amide bonds. The van der Waals surface area contributed by atoms with Crippen LogP contribution in [-0.4, -0.2) is 30.6 Å². The lowest BCUT2D eigenvalue weighted by molar-refractivity contribution is 0.101. The van der Waals surface area contributed by atoms with Crippen molar-refractivity contribution in [3.8, 4) is 0 Å². The van der Waals surface area contributed by atoms with Crippen LogP contribution in [0.1, 0.15) is 41.5 Å². The molecule has 0 saturated carbocycles. The Hall–Kier alpha value is -1.71. The minimum atomic E-state index is -1.17. The first kappa shape index (κ1) is 16.2. The topological polar surface area (TPSA) is 23.5 Å². The molecule has 0 saturated heterocycles. The summed E-state index contributed by atoms with van der Waals surface area (Å²) in [6.45, 7) is 2.74. The summed E-state index contributed by atoms with van der Waals surface area (Å²) in [5, 5.41) is 11.2. The van der Waals surface area contributed by atoms with Gasteiger partial charge in [-0.2, -0.15) is 0 Å². The lowest BCUT2D eigenvalue weighted by atomic mass is 9.84. The smallest absolute Gasteiger partial charge is 0.123 e. The minimum Gasteiger partial charge on any atom is -0.381 e. The second-order valence-electron chi connectivity index (χ2n) is 6.95. The van der Waals surface area contributed by atoms with Gasteiger partial charge in [0.1, 0.15) is 11.4 Å². The highest BCUT2D eigenvalue weighted by molar-refractivity contribution is 5.48. The summed E-state index contributed by atoms with van der Waals surface area (Å²) in [4.78, 5) is 2.16. The predicted molar refractivity (Wildman–Crippen MR) is 91.1 cm³/mol. The van der Waals surface area contributed by atoms with Gasteiger partial charge in [0.2, 0.25) is 0 Å². The van der Waals surface area contributed by atoms with Gasteiger partial charge in [0, 0.05) is 0 Å². The molecule has 0 spiro atoms. The highest BCUT2D eigenvalue weighted by Gasteiger charge is 2.36. The van der Waals surface area contributed by atoms with Crippen molar-refractivity contribution < 1.29 is 9.50 Å². The van der Waals surface area contributed by atoms with Gasteiger partial charge in [-0.3, -0.25) is 0 Å². The molecule has 1 aliphatic rings. The quantitative estimate of drug-likeness (QED) is 0.934. The van der Waals surface area contributed by atoms with Gasteiger partial charge in [0.05, 0.1) is 0 Å². The highest BCUT2D eigenvalue weighted by atomic mass is 19.1. The molecule has 2 unspecified atom stereocenters. The number of benzene rings is 2. The molecule has 1 N–H and O–H groups in total. The first-order chi connectivity index (χ1) is 10.9. The molecule has 122 valence electrons. The van der Waals surface area contributed by atoms with E-state index < -0.39 is 5.60 Å². The molecule has 2 atom stereocenters. The maximum atomic E-state index is 13.9. The molecular weight excluding hydrogens is 289 g/mol. The molecule has 0 bridgehead atoms. The van der Waals surface area contributed by atoms with Crippen LogP contribution in [0.2, 0.25) is 0 Å². The van der Waals surface area contributed by atoms with E-state index in [0.29, 0.717) is 5.56 Å². The molecule has 1 aliphatic carbocycles. The van der Waals surface area contributed by atoms with Gasteiger partial charge in [0.15, 0.2) is 0 Å². The monoisotopic (exact) mass is 313 g/mol. The molecular formula is C20H24FNO. The summed E-state index contributed by atoms with van der Waals surface area (Å²) in [5.41, 5.74) is 2.64. The third-order valence-corrected chi connectivity index (χ3v) is 4.91. The molecule has 0 aromatic heterocycles. The summed E-state index contributed by atoms with van der Waals surface area (Å²) in [7, 11) is 4.12. The second-order valence-corrected chi connectivity index (χ2v) is 6.95. The summed E-state index contributed by atoms with van der Waals surface area (Å²) < 4.78 is 13.9. The van der Waals surface area contributed by atoms with Crippen LogP contribution in [0.3, 0.4) is 0 Å². The van der Waals surface area contributed by atoms with Crippen LogP contribution < -0.4 is 0 Å². The van der Waals surface area contributed by atoms with Crippen LogP contribution in [0.4, 0.5) is 4.39 Å². The number of rotatable bonds is 3. The molecule has 23 heavy (non-hydrogen) atoms. The van der Waals surface area contributed by atoms with Gasteiger partial charge in [-0.25, -0.2) is 4.39 Å². The summed E-state index contributed by atoms with van der Waals surface area (Å²) in [6, 6.07) is 12.8. The molecule has 0 fully saturated rings. The van der Waals surface area contributed by atoms with Crippen molar-refractivity contribution in [1.29, 1.82) is 0 Å². The van der Waals surface area contributed by atoms with Gasteiger partial charge in [0.25, 0.3) is 0 Å². The van der Waals surface area contributed by atoms with Crippen LogP contribution in [0.5, 0.6) is 0 Å². The minimum absolute atomic E-state index is 0.281. The van der Waals surface area contributed by atoms with Gasteiger partial charge in [-0.15, -0.1) is 0 Å². The van der Waals surface area contributed by atoms with Crippen molar-refractivity contribution in [2.45, 2.75) is 31.3 Å². The Labute approximate surface area is 137 Å². The van der Waals surface area contributed by atoms with Gasteiger partial charge in [-0.1, -0.05) is 30.3 Å². The summed E-state index contributed by atoms with van der Waals surface area (Å²) in [5.74, 6) is -0.0158. The van der Waals surface area contributed by atoms with Gasteiger partial charge < -0.3 is 10.0 Å². The normalized spacial score (nSPS) is 23.3. The van der Waals surface area contributed by atoms with E-state index in [1.165, 1.54) is 12.1 Å². The number of hydrogen-bond acceptors (Lipinski definition) is 2. The van der Waals surface area contributed by atoms with E-state index >= 15 is 0 Å². The molecule has 0 heterocycles. The summed E-state index contributed by atoms with van der Waals surface area (Å²) >= 11 is 0. The van der Waals surface area contributed by atoms with Crippen molar-refractivity contribution >= 4 is 0 Å². The van der Waals surface area contributed by atoms with Crippen molar-refractivity contribution in [1.82, 2.24) is 4.90 Å². The predicted octanol–water partition coefficient (Wildman–Crippen LogP) is 3.67. The van der Waals surface area contributed by atoms with E-state index in [1.54, 1.807) is 6.92 Å². The molecule has 2 aromatic rings. The number of aliphatic hydroxyl groups is 1. The Kier molecular flexibility index (Phi) is 4.26. The van der Waals surface area contributed by atoms with Crippen LogP contribution in [0.15, 0.2) is 42.5 Å². The van der Waals surface area contributed by atoms with Gasteiger partial charge >= 0.3 is 0 Å². The lowest BCUT2D eigenvalue weighted by Gasteiger charge is -2.27. The molecule has 0 aliphatic heterocycles. The zero-order valence-electron chi connectivity index (χ0n) is 14.0. The van der Waals surface area contributed by atoms with E-state index in [9.17, 15) is 9.50 Å². The van der Waals surface area contributed by atoms with Crippen molar-refractivity contribution in [3.63, 3.8) is 0 Å². The fraction of sp³-hybridized carbons (Fsp3) is 0.400. The van der Waals surface area contributed by atoms with Crippen LogP contribution >= 0.6 is 0 Å². The fourth-order valence-corrected chi connectivity index (χ4v) is 3.67. The maximum absolute atomic E-state index is 13.9. The summed E-state index contributed by atoms with van der Waals surface area (Å²) in [6.07, 6.45) is 1.86. The molecule has 3 rings (SSSR count). The molecule has 0 radical (unpaired) electrons. The number of fused-ring (bicyclic) bond motifs is 2. The number of hydrogen-bond donors (Lipinski definition) is 1. The highest BCUT2D eigenvalue weighted by Crippen LogP contribution is 2.42. The standard InChI is InChI=1S/C20H24FNO/c1-20(23)18-7-5-4-6-15(18)12-14(10-11-22(2)3)17-9-8-16(21)13-19(17)20/h4-9,13-14,23H,10-12H2,1-3H3. The Morgan fingerprint density at radius 2 is 1.91 bits per heavy atom. The largest absolute Gasteiger partial charge is 0.381 e. The Morgan fingerprint density at radius 1 is 1.17 bits per heavy atom. The van der Waals surface area contributed by atoms with Crippen LogP contribution in [0, 0.1) is 5.82 Å². The average Bonchev–Trinajstić information content (AvgIpc) is 2.59. The third-order valence-electron chi connectivity index (χ3n) is 4.91. The van der Waals surface area contributed by atoms with E-state index in [1.807, 2.05) is 24.3 Å². The second kappa shape index (κ2) is 6.06. The lowest BCUT2D eigenvalue weighted by Crippen LogP contribution is -2.24. The van der Waals surface area contributed by atoms with Crippen molar-refractivity contribution in [3.05, 3.63) is 70.5 Å². The van der Waals surface area contributed by atoms with E-state index in [4.69, 9.17) is 0 Å². The van der Waals surface area contributed by atoms with E-state index in [2.05, 4.69) is 25.1 Å². The van der Waals surface area contributed by atoms with Crippen LogP contribution in [0.25, 0.3) is 0 Å². The zero-order chi connectivity index (χ0) is 16.6. The first-order valence-electron chi connectivity index (χ1n) is 8.15. The number of nitrogens with zero attached hydrogens (tertiary/aromatic N) is 1. The maximum Gasteiger partial charge on any atom is 0.123 e. The Balaban J connectivity index is 2.15. The SMILES string of the molecule is CN(C)CCC1Cc2ccccc2C(C)(O)c2cc(F)ccc21. The third kappa shape index (κ3) is 3.04. The Morgan fingerprint density at radius 3 is 2.65 bits per heavy atom. The van der Waals surface area contributed by atoms with Crippen molar-refractivity contribution in [2.75, 3.05) is 20.6 Å². The van der Waals surface area contributed by atoms with E-state index in [0.717, 1.165) is 36.1 Å². The number of halogens is 1. The first-order valence-corrected chi connectivity index (χ1v) is 8.15. The van der Waals surface area contributed by atoms with E-state index in [-0.39, 0.29) is 11.7 Å². The Bertz CT molecular complexity index is 709. The average molecular weight is 313 g/mol. The molecule has 3 heteroatoms. The molecule has 2 nitrogen and oxygen atoms in total. The van der Waals surface area contributed by atoms with Gasteiger partial charge in [-0.05, 0) is 80.7 Å². The van der Waals surface area contributed by atoms with Crippen molar-refractivity contribution in [2.24, 2.45) is 0 Å². The fourth-order valence-electron chi connectivity index (χ4n) is 3.67. The molecule has 2 aromatic carbocycles. The zero-order valence-corrected chi connectivity index (χ0v) is 14.0.